The molecule has 1 aromatic heterocycles. The predicted molar refractivity (Wildman–Crippen MR) is 209 cm³/mol. The number of hydrogen-bond acceptors (Lipinski definition) is 7. The van der Waals surface area contributed by atoms with Gasteiger partial charge in [0.05, 0.1) is 44.2 Å². The number of rotatable bonds is 9. The molecule has 0 aliphatic carbocycles. The van der Waals surface area contributed by atoms with Crippen LogP contribution in [0.25, 0.3) is 16.6 Å². The van der Waals surface area contributed by atoms with E-state index in [0.717, 1.165) is 15.7 Å². The van der Waals surface area contributed by atoms with Gasteiger partial charge in [-0.3, -0.25) is 14.4 Å². The van der Waals surface area contributed by atoms with Gasteiger partial charge in [-0.25, -0.2) is 14.2 Å². The van der Waals surface area contributed by atoms with E-state index in [9.17, 15) is 24.0 Å². The summed E-state index contributed by atoms with van der Waals surface area (Å²) in [6.45, 7) is 16.9. The lowest BCUT2D eigenvalue weighted by Crippen LogP contribution is -2.34. The molecule has 0 saturated heterocycles. The van der Waals surface area contributed by atoms with E-state index in [1.54, 1.807) is 76.3 Å². The number of Topliss-reactive ketones (excluding diaryl/α,β-unsaturated/α-hetero) is 1. The van der Waals surface area contributed by atoms with Crippen LogP contribution in [0.5, 0.6) is 0 Å². The number of hydrogen-bond donors (Lipinski definition) is 1. The summed E-state index contributed by atoms with van der Waals surface area (Å²) in [4.78, 5) is 66.0. The minimum Gasteiger partial charge on any atom is -0.463 e. The zero-order valence-corrected chi connectivity index (χ0v) is 33.3. The first-order valence-corrected chi connectivity index (χ1v) is 18.1. The molecule has 0 saturated carbocycles. The third kappa shape index (κ3) is 13.0. The number of benzene rings is 3. The number of halogens is 2. The summed E-state index contributed by atoms with van der Waals surface area (Å²) in [6.07, 6.45) is 1.74. The Labute approximate surface area is 316 Å². The molecule has 1 unspecified atom stereocenters. The van der Waals surface area contributed by atoms with Gasteiger partial charge in [0.2, 0.25) is 0 Å². The van der Waals surface area contributed by atoms with E-state index in [0.29, 0.717) is 45.0 Å². The van der Waals surface area contributed by atoms with Gasteiger partial charge >= 0.3 is 17.8 Å². The summed E-state index contributed by atoms with van der Waals surface area (Å²) in [5.41, 5.74) is 1.20. The smallest absolute Gasteiger partial charge is 0.410 e. The molecule has 10 nitrogen and oxygen atoms in total. The van der Waals surface area contributed by atoms with Crippen molar-refractivity contribution < 1.29 is 23.9 Å². The van der Waals surface area contributed by atoms with Crippen LogP contribution in [0.2, 0.25) is 10.0 Å². The molecule has 4 rings (SSSR count). The summed E-state index contributed by atoms with van der Waals surface area (Å²) in [6, 6.07) is 17.1. The van der Waals surface area contributed by atoms with E-state index in [1.165, 1.54) is 18.2 Å². The maximum absolute atomic E-state index is 13.4. The standard InChI is InChI=1S/C29H37N3O6.C8H6Cl2O.C3H8/c1-8-21(26(34)37-18(2)3)15-19-9-12-22(13-10-19)32-25(33)23-16-20(11-14-24(23)30-27(32)35)17-31(7)28(36)38-29(4,5)6;1-5(11)8-6(9)3-2-4-7(8)10;1-3-2/h9-14,16,18,21H,8,15,17H2,1-7H3,(H,30,35);2-4H,1H3;3H2,1-2H3. The molecular formula is C40H51Cl2N3O7. The minimum atomic E-state index is -0.619. The highest BCUT2D eigenvalue weighted by Gasteiger charge is 2.21. The van der Waals surface area contributed by atoms with E-state index < -0.39 is 22.9 Å². The van der Waals surface area contributed by atoms with Gasteiger partial charge in [-0.05, 0) is 102 Å². The lowest BCUT2D eigenvalue weighted by Gasteiger charge is -2.24. The van der Waals surface area contributed by atoms with Crippen molar-refractivity contribution in [2.75, 3.05) is 7.05 Å². The molecule has 0 bridgehead atoms. The monoisotopic (exact) mass is 755 g/mol. The second-order valence-corrected chi connectivity index (χ2v) is 14.4. The second-order valence-electron chi connectivity index (χ2n) is 13.6. The van der Waals surface area contributed by atoms with Gasteiger partial charge < -0.3 is 19.4 Å². The molecule has 1 amide bonds. The number of amides is 1. The maximum Gasteiger partial charge on any atom is 0.410 e. The van der Waals surface area contributed by atoms with Crippen molar-refractivity contribution in [1.29, 1.82) is 0 Å². The molecule has 282 valence electrons. The number of fused-ring (bicyclic) bond motifs is 1. The van der Waals surface area contributed by atoms with Gasteiger partial charge in [0.1, 0.15) is 5.60 Å². The Morgan fingerprint density at radius 1 is 0.904 bits per heavy atom. The largest absolute Gasteiger partial charge is 0.463 e. The minimum absolute atomic E-state index is 0.111. The summed E-state index contributed by atoms with van der Waals surface area (Å²) in [5, 5.41) is 1.14. The average molecular weight is 757 g/mol. The van der Waals surface area contributed by atoms with Crippen LogP contribution in [0.4, 0.5) is 4.79 Å². The molecular weight excluding hydrogens is 705 g/mol. The Morgan fingerprint density at radius 2 is 1.46 bits per heavy atom. The summed E-state index contributed by atoms with van der Waals surface area (Å²) >= 11 is 11.4. The fourth-order valence-corrected chi connectivity index (χ4v) is 5.56. The van der Waals surface area contributed by atoms with Crippen LogP contribution in [-0.4, -0.2) is 51.0 Å². The van der Waals surface area contributed by atoms with Gasteiger partial charge in [0.15, 0.2) is 5.78 Å². The Balaban J connectivity index is 0.000000559. The molecule has 4 aromatic rings. The van der Waals surface area contributed by atoms with Crippen molar-refractivity contribution in [1.82, 2.24) is 14.5 Å². The normalized spacial score (nSPS) is 11.5. The molecule has 12 heteroatoms. The average Bonchev–Trinajstić information content (AvgIpc) is 3.04. The van der Waals surface area contributed by atoms with Crippen molar-refractivity contribution >= 4 is 52.0 Å². The van der Waals surface area contributed by atoms with Crippen LogP contribution in [0, 0.1) is 5.92 Å². The van der Waals surface area contributed by atoms with Crippen molar-refractivity contribution in [2.24, 2.45) is 5.92 Å². The molecule has 0 fully saturated rings. The molecule has 0 radical (unpaired) electrons. The summed E-state index contributed by atoms with van der Waals surface area (Å²) in [5.74, 6) is -0.616. The van der Waals surface area contributed by atoms with Crippen LogP contribution in [0.15, 0.2) is 70.3 Å². The number of ketones is 1. The third-order valence-electron chi connectivity index (χ3n) is 7.26. The number of ether oxygens (including phenoxy) is 2. The van der Waals surface area contributed by atoms with Gasteiger partial charge in [-0.2, -0.15) is 0 Å². The van der Waals surface area contributed by atoms with Crippen molar-refractivity contribution in [3.8, 4) is 5.69 Å². The maximum atomic E-state index is 13.4. The number of carbonyl (C=O) groups is 3. The number of esters is 1. The summed E-state index contributed by atoms with van der Waals surface area (Å²) in [7, 11) is 1.62. The Morgan fingerprint density at radius 3 is 1.94 bits per heavy atom. The van der Waals surface area contributed by atoms with Crippen LogP contribution in [-0.2, 0) is 27.2 Å². The Kier molecular flexibility index (Phi) is 16.8. The fraction of sp³-hybridized carbons (Fsp3) is 0.425. The first-order valence-electron chi connectivity index (χ1n) is 17.3. The highest BCUT2D eigenvalue weighted by atomic mass is 35.5. The SMILES string of the molecule is CC(=O)c1c(Cl)cccc1Cl.CCC.CCC(Cc1ccc(-n2c(=O)[nH]c3ccc(CN(C)C(=O)OC(C)(C)C)cc3c2=O)cc1)C(=O)OC(C)C. The van der Waals surface area contributed by atoms with Gasteiger partial charge in [-0.1, -0.05) is 74.7 Å². The molecule has 1 heterocycles. The molecule has 0 aliphatic heterocycles. The van der Waals surface area contributed by atoms with E-state index in [4.69, 9.17) is 32.7 Å². The van der Waals surface area contributed by atoms with Gasteiger partial charge in [-0.15, -0.1) is 0 Å². The van der Waals surface area contributed by atoms with Crippen LogP contribution < -0.4 is 11.2 Å². The van der Waals surface area contributed by atoms with Gasteiger partial charge in [0.25, 0.3) is 5.56 Å². The van der Waals surface area contributed by atoms with Crippen LogP contribution in [0.3, 0.4) is 0 Å². The molecule has 0 aliphatic rings. The third-order valence-corrected chi connectivity index (χ3v) is 7.89. The Hall–Kier alpha value is -4.41. The molecule has 1 N–H and O–H groups in total. The van der Waals surface area contributed by atoms with Crippen molar-refractivity contribution in [3.05, 3.63) is 108 Å². The number of aromatic nitrogens is 2. The summed E-state index contributed by atoms with van der Waals surface area (Å²) < 4.78 is 11.8. The lowest BCUT2D eigenvalue weighted by atomic mass is 9.97. The lowest BCUT2D eigenvalue weighted by molar-refractivity contribution is -0.152. The number of H-pyrrole nitrogens is 1. The Bertz CT molecular complexity index is 1920. The molecule has 1 atom stereocenters. The number of nitrogens with zero attached hydrogens (tertiary/aromatic N) is 2. The number of aromatic amines is 1. The van der Waals surface area contributed by atoms with E-state index in [-0.39, 0.29) is 30.3 Å². The van der Waals surface area contributed by atoms with Crippen LogP contribution in [0.1, 0.15) is 96.6 Å². The van der Waals surface area contributed by atoms with E-state index >= 15 is 0 Å². The molecule has 52 heavy (non-hydrogen) atoms. The van der Waals surface area contributed by atoms with Crippen molar-refractivity contribution in [3.63, 3.8) is 0 Å². The van der Waals surface area contributed by atoms with E-state index in [2.05, 4.69) is 18.8 Å². The van der Waals surface area contributed by atoms with Crippen molar-refractivity contribution in [2.45, 2.75) is 99.8 Å². The topological polar surface area (TPSA) is 128 Å². The molecule has 3 aromatic carbocycles. The van der Waals surface area contributed by atoms with Crippen LogP contribution >= 0.6 is 23.2 Å². The number of nitrogens with one attached hydrogen (secondary N) is 1. The highest BCUT2D eigenvalue weighted by Crippen LogP contribution is 2.24. The number of carbonyl (C=O) groups excluding carboxylic acids is 3. The highest BCUT2D eigenvalue weighted by molar-refractivity contribution is 6.39. The predicted octanol–water partition coefficient (Wildman–Crippen LogP) is 9.18. The van der Waals surface area contributed by atoms with E-state index in [1.807, 2.05) is 32.9 Å². The zero-order valence-electron chi connectivity index (χ0n) is 31.8. The fourth-order valence-electron chi connectivity index (χ4n) is 4.89. The van der Waals surface area contributed by atoms with Gasteiger partial charge in [0, 0.05) is 13.6 Å². The first-order chi connectivity index (χ1) is 24.3. The molecule has 0 spiro atoms. The first kappa shape index (κ1) is 43.8. The quantitative estimate of drug-likeness (QED) is 0.133. The second kappa shape index (κ2) is 20.0. The zero-order chi connectivity index (χ0) is 39.3.